The van der Waals surface area contributed by atoms with Gasteiger partial charge in [-0.1, -0.05) is 42.5 Å². The molecule has 2 rings (SSSR count). The van der Waals surface area contributed by atoms with Gasteiger partial charge in [-0.05, 0) is 74.8 Å². The van der Waals surface area contributed by atoms with Gasteiger partial charge in [0.05, 0.1) is 6.61 Å². The summed E-state index contributed by atoms with van der Waals surface area (Å²) in [5.41, 5.74) is 2.80. The van der Waals surface area contributed by atoms with Crippen LogP contribution in [0.4, 0.5) is 0 Å². The SMILES string of the molecule is C=CCCCOCc1ccc([C@H]2CC[C@H](C/C=C/C)CC2)cc1. The van der Waals surface area contributed by atoms with Crippen LogP contribution in [0.2, 0.25) is 0 Å². The molecule has 0 heterocycles. The molecule has 1 saturated carbocycles. The van der Waals surface area contributed by atoms with Crippen molar-refractivity contribution in [3.63, 3.8) is 0 Å². The van der Waals surface area contributed by atoms with E-state index in [4.69, 9.17) is 4.74 Å². The monoisotopic (exact) mass is 312 g/mol. The summed E-state index contributed by atoms with van der Waals surface area (Å²) in [5.74, 6) is 1.67. The van der Waals surface area contributed by atoms with E-state index >= 15 is 0 Å². The van der Waals surface area contributed by atoms with Crippen LogP contribution >= 0.6 is 0 Å². The Bertz CT molecular complexity index is 463. The van der Waals surface area contributed by atoms with Gasteiger partial charge in [-0.3, -0.25) is 0 Å². The molecule has 1 aliphatic rings. The highest BCUT2D eigenvalue weighted by Gasteiger charge is 2.21. The fourth-order valence-corrected chi connectivity index (χ4v) is 3.47. The molecular weight excluding hydrogens is 280 g/mol. The highest BCUT2D eigenvalue weighted by atomic mass is 16.5. The second-order valence-corrected chi connectivity index (χ2v) is 6.75. The lowest BCUT2D eigenvalue weighted by Crippen LogP contribution is -2.12. The Balaban J connectivity index is 1.73. The highest BCUT2D eigenvalue weighted by molar-refractivity contribution is 5.25. The predicted molar refractivity (Wildman–Crippen MR) is 99.7 cm³/mol. The molecule has 0 saturated heterocycles. The van der Waals surface area contributed by atoms with Gasteiger partial charge in [-0.25, -0.2) is 0 Å². The molecule has 1 aliphatic carbocycles. The zero-order valence-electron chi connectivity index (χ0n) is 14.7. The molecule has 0 atom stereocenters. The van der Waals surface area contributed by atoms with Crippen LogP contribution in [0.1, 0.15) is 68.9 Å². The number of rotatable bonds is 9. The first-order chi connectivity index (χ1) is 11.3. The third-order valence-electron chi connectivity index (χ3n) is 4.97. The standard InChI is InChI=1S/C22H32O/c1-3-5-7-17-23-18-20-11-15-22(16-12-20)21-13-9-19(10-14-21)8-6-4-2/h3-4,6,11-12,15-16,19,21H,1,5,7-10,13-14,17-18H2,2H3/b6-4+/t19-,21-. The van der Waals surface area contributed by atoms with Crippen molar-refractivity contribution in [2.24, 2.45) is 5.92 Å². The van der Waals surface area contributed by atoms with E-state index in [1.54, 1.807) is 0 Å². The second-order valence-electron chi connectivity index (χ2n) is 6.75. The quantitative estimate of drug-likeness (QED) is 0.378. The fraction of sp³-hybridized carbons (Fsp3) is 0.545. The minimum atomic E-state index is 0.730. The number of hydrogen-bond donors (Lipinski definition) is 0. The number of hydrogen-bond acceptors (Lipinski definition) is 1. The van der Waals surface area contributed by atoms with Crippen molar-refractivity contribution in [1.82, 2.24) is 0 Å². The van der Waals surface area contributed by atoms with E-state index < -0.39 is 0 Å². The molecule has 0 bridgehead atoms. The van der Waals surface area contributed by atoms with E-state index in [0.29, 0.717) is 0 Å². The van der Waals surface area contributed by atoms with Crippen LogP contribution in [-0.2, 0) is 11.3 Å². The molecular formula is C22H32O. The Morgan fingerprint density at radius 2 is 1.87 bits per heavy atom. The van der Waals surface area contributed by atoms with Crippen LogP contribution in [0.15, 0.2) is 49.1 Å². The van der Waals surface area contributed by atoms with Gasteiger partial charge in [-0.2, -0.15) is 0 Å². The zero-order valence-corrected chi connectivity index (χ0v) is 14.7. The number of ether oxygens (including phenoxy) is 1. The predicted octanol–water partition coefficient (Wildman–Crippen LogP) is 6.41. The van der Waals surface area contributed by atoms with Crippen LogP contribution in [-0.4, -0.2) is 6.61 Å². The van der Waals surface area contributed by atoms with Gasteiger partial charge in [-0.15, -0.1) is 6.58 Å². The minimum absolute atomic E-state index is 0.730. The molecule has 0 amide bonds. The molecule has 0 spiro atoms. The maximum atomic E-state index is 5.70. The summed E-state index contributed by atoms with van der Waals surface area (Å²) in [6.07, 6.45) is 15.3. The average Bonchev–Trinajstić information content (AvgIpc) is 2.61. The summed E-state index contributed by atoms with van der Waals surface area (Å²) < 4.78 is 5.70. The zero-order chi connectivity index (χ0) is 16.3. The lowest BCUT2D eigenvalue weighted by Gasteiger charge is -2.28. The average molecular weight is 312 g/mol. The Hall–Kier alpha value is -1.34. The molecule has 126 valence electrons. The topological polar surface area (TPSA) is 9.23 Å². The van der Waals surface area contributed by atoms with Crippen molar-refractivity contribution in [3.8, 4) is 0 Å². The third kappa shape index (κ3) is 6.35. The summed E-state index contributed by atoms with van der Waals surface area (Å²) in [5, 5.41) is 0. The van der Waals surface area contributed by atoms with Crippen LogP contribution in [0, 0.1) is 5.92 Å². The van der Waals surface area contributed by atoms with Crippen molar-refractivity contribution in [1.29, 1.82) is 0 Å². The Labute approximate surface area is 142 Å². The van der Waals surface area contributed by atoms with Crippen LogP contribution in [0.5, 0.6) is 0 Å². The minimum Gasteiger partial charge on any atom is -0.377 e. The summed E-state index contributed by atoms with van der Waals surface area (Å²) in [4.78, 5) is 0. The number of benzene rings is 1. The Morgan fingerprint density at radius 3 is 2.52 bits per heavy atom. The van der Waals surface area contributed by atoms with Crippen molar-refractivity contribution < 1.29 is 4.74 Å². The fourth-order valence-electron chi connectivity index (χ4n) is 3.47. The van der Waals surface area contributed by atoms with Gasteiger partial charge in [0.2, 0.25) is 0 Å². The Morgan fingerprint density at radius 1 is 1.13 bits per heavy atom. The first-order valence-corrected chi connectivity index (χ1v) is 9.22. The molecule has 0 unspecified atom stereocenters. The van der Waals surface area contributed by atoms with Crippen LogP contribution in [0.3, 0.4) is 0 Å². The van der Waals surface area contributed by atoms with Crippen LogP contribution in [0.25, 0.3) is 0 Å². The molecule has 0 aromatic heterocycles. The summed E-state index contributed by atoms with van der Waals surface area (Å²) >= 11 is 0. The molecule has 1 aromatic rings. The Kier molecular flexibility index (Phi) is 8.17. The summed E-state index contributed by atoms with van der Waals surface area (Å²) in [7, 11) is 0. The van der Waals surface area contributed by atoms with Crippen LogP contribution < -0.4 is 0 Å². The molecule has 0 radical (unpaired) electrons. The third-order valence-corrected chi connectivity index (χ3v) is 4.97. The molecule has 1 heteroatoms. The maximum absolute atomic E-state index is 5.70. The van der Waals surface area contributed by atoms with Gasteiger partial charge >= 0.3 is 0 Å². The van der Waals surface area contributed by atoms with Crippen molar-refractivity contribution in [2.75, 3.05) is 6.61 Å². The lowest BCUT2D eigenvalue weighted by atomic mass is 9.77. The summed E-state index contributed by atoms with van der Waals surface area (Å²) in [6.45, 7) is 7.41. The molecule has 1 nitrogen and oxygen atoms in total. The van der Waals surface area contributed by atoms with Gasteiger partial charge in [0.1, 0.15) is 0 Å². The first-order valence-electron chi connectivity index (χ1n) is 9.22. The first kappa shape index (κ1) is 18.0. The van der Waals surface area contributed by atoms with Crippen molar-refractivity contribution in [2.45, 2.75) is 64.4 Å². The van der Waals surface area contributed by atoms with E-state index in [1.807, 2.05) is 6.08 Å². The number of allylic oxidation sites excluding steroid dienone is 3. The largest absolute Gasteiger partial charge is 0.377 e. The van der Waals surface area contributed by atoms with E-state index in [0.717, 1.165) is 37.9 Å². The van der Waals surface area contributed by atoms with Gasteiger partial charge < -0.3 is 4.74 Å². The van der Waals surface area contributed by atoms with E-state index in [-0.39, 0.29) is 0 Å². The van der Waals surface area contributed by atoms with Crippen molar-refractivity contribution >= 4 is 0 Å². The normalized spacial score (nSPS) is 21.6. The summed E-state index contributed by atoms with van der Waals surface area (Å²) in [6, 6.07) is 9.13. The van der Waals surface area contributed by atoms with E-state index in [9.17, 15) is 0 Å². The smallest absolute Gasteiger partial charge is 0.0716 e. The maximum Gasteiger partial charge on any atom is 0.0716 e. The van der Waals surface area contributed by atoms with E-state index in [1.165, 1.54) is 43.2 Å². The number of unbranched alkanes of at least 4 members (excludes halogenated alkanes) is 1. The second kappa shape index (κ2) is 10.4. The van der Waals surface area contributed by atoms with Gasteiger partial charge in [0.15, 0.2) is 0 Å². The van der Waals surface area contributed by atoms with Gasteiger partial charge in [0.25, 0.3) is 0 Å². The molecule has 23 heavy (non-hydrogen) atoms. The highest BCUT2D eigenvalue weighted by Crippen LogP contribution is 2.37. The molecule has 1 aromatic carbocycles. The molecule has 0 aliphatic heterocycles. The van der Waals surface area contributed by atoms with E-state index in [2.05, 4.69) is 49.9 Å². The molecule has 0 N–H and O–H groups in total. The van der Waals surface area contributed by atoms with Crippen molar-refractivity contribution in [3.05, 3.63) is 60.2 Å². The molecule has 1 fully saturated rings. The lowest BCUT2D eigenvalue weighted by molar-refractivity contribution is 0.119. The van der Waals surface area contributed by atoms with Gasteiger partial charge in [0, 0.05) is 6.61 Å².